The van der Waals surface area contributed by atoms with Crippen molar-refractivity contribution in [3.05, 3.63) is 60.2 Å². The van der Waals surface area contributed by atoms with Crippen molar-refractivity contribution in [3.8, 4) is 0 Å². The third kappa shape index (κ3) is 2.89. The van der Waals surface area contributed by atoms with Crippen LogP contribution in [0.1, 0.15) is 17.5 Å². The summed E-state index contributed by atoms with van der Waals surface area (Å²) in [5, 5.41) is 7.56. The van der Waals surface area contributed by atoms with Crippen LogP contribution < -0.4 is 5.73 Å². The number of ether oxygens (including phenoxy) is 1. The van der Waals surface area contributed by atoms with Crippen LogP contribution in [0.15, 0.2) is 48.8 Å². The zero-order valence-corrected chi connectivity index (χ0v) is 9.78. The Labute approximate surface area is 105 Å². The van der Waals surface area contributed by atoms with Gasteiger partial charge in [-0.05, 0) is 24.3 Å². The Balaban J connectivity index is 2.32. The number of nitrogens with zero attached hydrogens (tertiary/aromatic N) is 2. The fourth-order valence-electron chi connectivity index (χ4n) is 1.52. The summed E-state index contributed by atoms with van der Waals surface area (Å²) in [5.41, 5.74) is 6.79. The molecule has 2 aromatic heterocycles. The van der Waals surface area contributed by atoms with Crippen LogP contribution in [-0.4, -0.2) is 22.4 Å². The summed E-state index contributed by atoms with van der Waals surface area (Å²) in [6.45, 7) is 0.0518. The summed E-state index contributed by atoms with van der Waals surface area (Å²) in [7, 11) is 0. The Morgan fingerprint density at radius 2 is 1.67 bits per heavy atom. The summed E-state index contributed by atoms with van der Waals surface area (Å²) in [5.74, 6) is 0.0105. The molecule has 0 unspecified atom stereocenters. The average molecular weight is 242 g/mol. The summed E-state index contributed by atoms with van der Waals surface area (Å²) in [6, 6.07) is 11.1. The van der Waals surface area contributed by atoms with Crippen molar-refractivity contribution in [2.24, 2.45) is 5.73 Å². The van der Waals surface area contributed by atoms with E-state index in [1.165, 1.54) is 0 Å². The van der Waals surface area contributed by atoms with Crippen LogP contribution in [0.3, 0.4) is 0 Å². The van der Waals surface area contributed by atoms with Gasteiger partial charge in [0.1, 0.15) is 0 Å². The second-order valence-corrected chi connectivity index (χ2v) is 3.63. The summed E-state index contributed by atoms with van der Waals surface area (Å²) in [4.78, 5) is 8.48. The number of nitrogens with one attached hydrogen (secondary N) is 1. The average Bonchev–Trinajstić information content (AvgIpc) is 2.46. The molecule has 0 radical (unpaired) electrons. The van der Waals surface area contributed by atoms with Gasteiger partial charge in [-0.1, -0.05) is 12.1 Å². The second kappa shape index (κ2) is 5.88. The number of hydrogen-bond donors (Lipinski definition) is 2. The lowest BCUT2D eigenvalue weighted by Crippen LogP contribution is -2.20. The Bertz CT molecular complexity index is 461. The molecule has 0 fully saturated rings. The maximum Gasteiger partial charge on any atom is 0.195 e. The first-order chi connectivity index (χ1) is 8.81. The van der Waals surface area contributed by atoms with E-state index in [0.29, 0.717) is 11.4 Å². The highest BCUT2D eigenvalue weighted by Gasteiger charge is 2.19. The number of hydrogen-bond acceptors (Lipinski definition) is 5. The van der Waals surface area contributed by atoms with Gasteiger partial charge in [0.05, 0.1) is 17.9 Å². The number of rotatable bonds is 4. The van der Waals surface area contributed by atoms with E-state index < -0.39 is 6.10 Å². The lowest BCUT2D eigenvalue weighted by atomic mass is 10.1. The van der Waals surface area contributed by atoms with Gasteiger partial charge in [0.15, 0.2) is 12.0 Å². The summed E-state index contributed by atoms with van der Waals surface area (Å²) in [6.07, 6.45) is 2.87. The topological polar surface area (TPSA) is 84.9 Å². The van der Waals surface area contributed by atoms with Gasteiger partial charge in [-0.2, -0.15) is 0 Å². The minimum atomic E-state index is -0.497. The predicted octanol–water partition coefficient (Wildman–Crippen LogP) is 1.52. The predicted molar refractivity (Wildman–Crippen MR) is 68.2 cm³/mol. The standard InChI is InChI=1S/C13H14N4O/c14-9-12(15)18-13(10-5-1-3-7-16-10)11-6-2-4-8-17-11/h1-8,13,15H,9,14H2. The molecule has 5 heteroatoms. The molecule has 0 amide bonds. The zero-order valence-electron chi connectivity index (χ0n) is 9.78. The summed E-state index contributed by atoms with van der Waals surface area (Å²) < 4.78 is 5.51. The van der Waals surface area contributed by atoms with Gasteiger partial charge in [0, 0.05) is 12.4 Å². The monoisotopic (exact) mass is 242 g/mol. The minimum absolute atomic E-state index is 0.0105. The molecule has 2 heterocycles. The van der Waals surface area contributed by atoms with Crippen LogP contribution in [0.5, 0.6) is 0 Å². The minimum Gasteiger partial charge on any atom is -0.464 e. The molecule has 0 aliphatic rings. The highest BCUT2D eigenvalue weighted by molar-refractivity contribution is 5.75. The first-order valence-corrected chi connectivity index (χ1v) is 5.57. The van der Waals surface area contributed by atoms with Crippen LogP contribution in [0.25, 0.3) is 0 Å². The largest absolute Gasteiger partial charge is 0.464 e. The van der Waals surface area contributed by atoms with Crippen molar-refractivity contribution >= 4 is 5.90 Å². The van der Waals surface area contributed by atoms with Gasteiger partial charge in [-0.15, -0.1) is 0 Å². The highest BCUT2D eigenvalue weighted by Crippen LogP contribution is 2.22. The van der Waals surface area contributed by atoms with Gasteiger partial charge in [-0.25, -0.2) is 0 Å². The molecule has 0 saturated carbocycles. The van der Waals surface area contributed by atoms with E-state index in [0.717, 1.165) is 0 Å². The fraction of sp³-hybridized carbons (Fsp3) is 0.154. The van der Waals surface area contributed by atoms with Crippen LogP contribution in [0.2, 0.25) is 0 Å². The Kier molecular flexibility index (Phi) is 3.98. The van der Waals surface area contributed by atoms with E-state index in [9.17, 15) is 0 Å². The highest BCUT2D eigenvalue weighted by atomic mass is 16.5. The molecule has 3 N–H and O–H groups in total. The second-order valence-electron chi connectivity index (χ2n) is 3.63. The van der Waals surface area contributed by atoms with E-state index in [1.807, 2.05) is 36.4 Å². The molecule has 0 atom stereocenters. The Hall–Kier alpha value is -2.27. The molecule has 0 spiro atoms. The molecule has 18 heavy (non-hydrogen) atoms. The van der Waals surface area contributed by atoms with E-state index in [4.69, 9.17) is 15.9 Å². The van der Waals surface area contributed by atoms with E-state index >= 15 is 0 Å². The quantitative estimate of drug-likeness (QED) is 0.628. The molecular formula is C13H14N4O. The number of pyridine rings is 2. The molecule has 0 bridgehead atoms. The third-order valence-electron chi connectivity index (χ3n) is 2.36. The zero-order chi connectivity index (χ0) is 12.8. The molecule has 0 aliphatic carbocycles. The van der Waals surface area contributed by atoms with E-state index in [1.54, 1.807) is 12.4 Å². The normalized spacial score (nSPS) is 10.3. The van der Waals surface area contributed by atoms with E-state index in [-0.39, 0.29) is 12.4 Å². The van der Waals surface area contributed by atoms with Crippen LogP contribution in [-0.2, 0) is 4.74 Å². The van der Waals surface area contributed by atoms with Gasteiger partial charge < -0.3 is 10.5 Å². The molecule has 92 valence electrons. The molecule has 0 saturated heterocycles. The molecule has 2 rings (SSSR count). The third-order valence-corrected chi connectivity index (χ3v) is 2.36. The first-order valence-electron chi connectivity index (χ1n) is 5.57. The maximum atomic E-state index is 7.56. The van der Waals surface area contributed by atoms with Gasteiger partial charge in [0.2, 0.25) is 0 Å². The molecule has 0 aliphatic heterocycles. The first kappa shape index (κ1) is 12.2. The van der Waals surface area contributed by atoms with Crippen molar-refractivity contribution in [1.82, 2.24) is 9.97 Å². The van der Waals surface area contributed by atoms with Crippen LogP contribution >= 0.6 is 0 Å². The van der Waals surface area contributed by atoms with Gasteiger partial charge >= 0.3 is 0 Å². The summed E-state index contributed by atoms with van der Waals surface area (Å²) >= 11 is 0. The van der Waals surface area contributed by atoms with Crippen molar-refractivity contribution < 1.29 is 4.74 Å². The molecule has 0 aromatic carbocycles. The number of aromatic nitrogens is 2. The van der Waals surface area contributed by atoms with Gasteiger partial charge in [-0.3, -0.25) is 15.4 Å². The van der Waals surface area contributed by atoms with Crippen LogP contribution in [0.4, 0.5) is 0 Å². The molecule has 2 aromatic rings. The Morgan fingerprint density at radius 3 is 2.06 bits per heavy atom. The molecular weight excluding hydrogens is 228 g/mol. The Morgan fingerprint density at radius 1 is 1.11 bits per heavy atom. The molecule has 5 nitrogen and oxygen atoms in total. The van der Waals surface area contributed by atoms with Crippen molar-refractivity contribution in [3.63, 3.8) is 0 Å². The maximum absolute atomic E-state index is 7.56. The SMILES string of the molecule is N=C(CN)OC(c1ccccn1)c1ccccn1. The van der Waals surface area contributed by atoms with Crippen molar-refractivity contribution in [2.75, 3.05) is 6.54 Å². The van der Waals surface area contributed by atoms with E-state index in [2.05, 4.69) is 9.97 Å². The lowest BCUT2D eigenvalue weighted by molar-refractivity contribution is 0.217. The lowest BCUT2D eigenvalue weighted by Gasteiger charge is -2.17. The fourth-order valence-corrected chi connectivity index (χ4v) is 1.52. The van der Waals surface area contributed by atoms with Gasteiger partial charge in [0.25, 0.3) is 0 Å². The smallest absolute Gasteiger partial charge is 0.195 e. The van der Waals surface area contributed by atoms with Crippen molar-refractivity contribution in [2.45, 2.75) is 6.10 Å². The number of nitrogens with two attached hydrogens (primary N) is 1. The van der Waals surface area contributed by atoms with Crippen molar-refractivity contribution in [1.29, 1.82) is 5.41 Å². The van der Waals surface area contributed by atoms with Crippen LogP contribution in [0, 0.1) is 5.41 Å².